The fourth-order valence-corrected chi connectivity index (χ4v) is 4.04. The molecule has 0 radical (unpaired) electrons. The number of anilines is 1. The second-order valence-electron chi connectivity index (χ2n) is 8.28. The van der Waals surface area contributed by atoms with Crippen LogP contribution in [0.1, 0.15) is 11.5 Å². The summed E-state index contributed by atoms with van der Waals surface area (Å²) in [6.45, 7) is -1.22. The van der Waals surface area contributed by atoms with E-state index in [-0.39, 0.29) is 28.8 Å². The molecule has 0 aliphatic carbocycles. The Morgan fingerprint density at radius 2 is 1.87 bits per heavy atom. The Labute approximate surface area is 213 Å². The van der Waals surface area contributed by atoms with Crippen molar-refractivity contribution in [1.29, 1.82) is 0 Å². The van der Waals surface area contributed by atoms with E-state index >= 15 is 0 Å². The Hall–Kier alpha value is -3.54. The van der Waals surface area contributed by atoms with Crippen molar-refractivity contribution in [1.82, 2.24) is 19.5 Å². The van der Waals surface area contributed by atoms with Crippen LogP contribution in [0.2, 0.25) is 5.28 Å². The summed E-state index contributed by atoms with van der Waals surface area (Å²) in [5.74, 6) is -6.31. The number of aliphatic hydroxyl groups excluding tert-OH is 1. The van der Waals surface area contributed by atoms with Crippen LogP contribution in [0, 0.1) is 0 Å². The molecule has 1 aliphatic heterocycles. The molecule has 3 aromatic rings. The van der Waals surface area contributed by atoms with Crippen LogP contribution in [0.25, 0.3) is 11.2 Å². The van der Waals surface area contributed by atoms with E-state index in [2.05, 4.69) is 19.4 Å². The SMILES string of the molecule is Nc1nc(Cl)nc2c1ncn2C[C@@H]1O[C@H](COC(Cc2ccc(C(F)(F)F)o2)(C(=O)O)C(=O)O)[C@@H](O)[C@@H]1F. The monoisotopic (exact) mass is 567 g/mol. The molecule has 0 aromatic carbocycles. The summed E-state index contributed by atoms with van der Waals surface area (Å²) < 4.78 is 69.7. The number of aliphatic hydroxyl groups is 1. The Balaban J connectivity index is 1.50. The highest BCUT2D eigenvalue weighted by Gasteiger charge is 2.52. The number of furan rings is 1. The van der Waals surface area contributed by atoms with E-state index in [4.69, 9.17) is 26.8 Å². The van der Waals surface area contributed by atoms with E-state index in [1.54, 1.807) is 0 Å². The number of alkyl halides is 4. The van der Waals surface area contributed by atoms with Crippen molar-refractivity contribution in [3.63, 3.8) is 0 Å². The van der Waals surface area contributed by atoms with Crippen LogP contribution >= 0.6 is 11.6 Å². The molecule has 0 saturated carbocycles. The summed E-state index contributed by atoms with van der Waals surface area (Å²) >= 11 is 5.80. The fourth-order valence-electron chi connectivity index (χ4n) is 3.86. The Kier molecular flexibility index (Phi) is 7.21. The summed E-state index contributed by atoms with van der Waals surface area (Å²) in [7, 11) is 0. The second-order valence-corrected chi connectivity index (χ2v) is 8.62. The zero-order chi connectivity index (χ0) is 28.0. The van der Waals surface area contributed by atoms with E-state index < -0.39 is 72.7 Å². The number of ether oxygens (including phenoxy) is 2. The first kappa shape index (κ1) is 27.5. The minimum absolute atomic E-state index is 0.0354. The minimum Gasteiger partial charge on any atom is -0.479 e. The van der Waals surface area contributed by atoms with Crippen molar-refractivity contribution in [2.75, 3.05) is 12.3 Å². The number of aliphatic carboxylic acids is 2. The first-order valence-electron chi connectivity index (χ1n) is 10.6. The molecule has 1 saturated heterocycles. The van der Waals surface area contributed by atoms with Crippen LogP contribution in [0.4, 0.5) is 23.4 Å². The number of carboxylic acids is 2. The predicted octanol–water partition coefficient (Wildman–Crippen LogP) is 1.31. The largest absolute Gasteiger partial charge is 0.479 e. The normalized spacial score (nSPS) is 22.3. The van der Waals surface area contributed by atoms with Crippen molar-refractivity contribution < 1.29 is 56.4 Å². The zero-order valence-corrected chi connectivity index (χ0v) is 19.6. The van der Waals surface area contributed by atoms with Gasteiger partial charge in [0.1, 0.15) is 29.6 Å². The van der Waals surface area contributed by atoms with Crippen molar-refractivity contribution in [2.45, 2.75) is 49.2 Å². The molecular weight excluding hydrogens is 550 g/mol. The lowest BCUT2D eigenvalue weighted by molar-refractivity contribution is -0.190. The smallest absolute Gasteiger partial charge is 0.449 e. The van der Waals surface area contributed by atoms with Crippen molar-refractivity contribution in [3.05, 3.63) is 35.3 Å². The molecule has 3 aromatic heterocycles. The van der Waals surface area contributed by atoms with E-state index in [0.717, 1.165) is 6.07 Å². The number of nitrogens with zero attached hydrogens (tertiary/aromatic N) is 4. The van der Waals surface area contributed by atoms with Gasteiger partial charge in [0.05, 0.1) is 25.9 Å². The minimum atomic E-state index is -4.90. The van der Waals surface area contributed by atoms with Crippen LogP contribution in [0.5, 0.6) is 0 Å². The maximum absolute atomic E-state index is 14.9. The number of aromatic nitrogens is 4. The number of nitrogen functional groups attached to an aromatic ring is 1. The molecule has 18 heteroatoms. The molecule has 4 rings (SSSR count). The molecule has 13 nitrogen and oxygen atoms in total. The zero-order valence-electron chi connectivity index (χ0n) is 18.8. The Morgan fingerprint density at radius 3 is 2.47 bits per heavy atom. The molecule has 1 fully saturated rings. The number of imidazole rings is 1. The number of nitrogens with two attached hydrogens (primary N) is 1. The van der Waals surface area contributed by atoms with Gasteiger partial charge in [-0.05, 0) is 23.7 Å². The summed E-state index contributed by atoms with van der Waals surface area (Å²) in [6, 6.07) is 1.25. The van der Waals surface area contributed by atoms with Gasteiger partial charge in [-0.1, -0.05) is 0 Å². The van der Waals surface area contributed by atoms with Gasteiger partial charge in [-0.3, -0.25) is 0 Å². The summed E-state index contributed by atoms with van der Waals surface area (Å²) in [5.41, 5.74) is 2.89. The maximum atomic E-state index is 14.9. The summed E-state index contributed by atoms with van der Waals surface area (Å²) in [4.78, 5) is 35.5. The van der Waals surface area contributed by atoms with Gasteiger partial charge in [0.25, 0.3) is 5.60 Å². The standard InChI is InChI=1S/C20H18ClF4N5O8/c21-18-28-14(26)12-15(29-18)30(6-27-12)4-8-11(22)13(31)9(38-8)5-36-19(16(32)33,17(34)35)3-7-1-2-10(37-7)20(23,24)25/h1-2,6,8-9,11,13,31H,3-5H2,(H,32,33)(H,34,35)(H2,26,28,29)/t8-,9+,11+,13+/m0/s1. The molecule has 38 heavy (non-hydrogen) atoms. The lowest BCUT2D eigenvalue weighted by atomic mass is 9.98. The number of carbonyl (C=O) groups is 2. The Bertz CT molecular complexity index is 1350. The van der Waals surface area contributed by atoms with Crippen LogP contribution < -0.4 is 5.73 Å². The van der Waals surface area contributed by atoms with Gasteiger partial charge in [0.2, 0.25) is 11.0 Å². The number of rotatable bonds is 9. The van der Waals surface area contributed by atoms with Gasteiger partial charge in [-0.25, -0.2) is 19.0 Å². The molecule has 4 atom stereocenters. The van der Waals surface area contributed by atoms with Crippen LogP contribution in [0.3, 0.4) is 0 Å². The highest BCUT2D eigenvalue weighted by molar-refractivity contribution is 6.28. The second kappa shape index (κ2) is 9.97. The third-order valence-electron chi connectivity index (χ3n) is 5.80. The maximum Gasteiger partial charge on any atom is 0.449 e. The Morgan fingerprint density at radius 1 is 1.18 bits per heavy atom. The highest BCUT2D eigenvalue weighted by Crippen LogP contribution is 2.33. The van der Waals surface area contributed by atoms with Crippen molar-refractivity contribution in [3.8, 4) is 0 Å². The van der Waals surface area contributed by atoms with E-state index in [9.17, 15) is 42.5 Å². The topological polar surface area (TPSA) is 196 Å². The molecule has 1 aliphatic rings. The molecule has 0 unspecified atom stereocenters. The highest BCUT2D eigenvalue weighted by atomic mass is 35.5. The summed E-state index contributed by atoms with van der Waals surface area (Å²) in [5, 5.41) is 29.3. The predicted molar refractivity (Wildman–Crippen MR) is 116 cm³/mol. The molecule has 5 N–H and O–H groups in total. The first-order chi connectivity index (χ1) is 17.7. The van der Waals surface area contributed by atoms with E-state index in [0.29, 0.717) is 6.07 Å². The number of halogens is 5. The lowest BCUT2D eigenvalue weighted by Crippen LogP contribution is -2.52. The molecule has 0 bridgehead atoms. The van der Waals surface area contributed by atoms with E-state index in [1.807, 2.05) is 0 Å². The number of carboxylic acid groups (broad SMARTS) is 2. The average molecular weight is 568 g/mol. The van der Waals surface area contributed by atoms with Gasteiger partial charge in [-0.15, -0.1) is 0 Å². The quantitative estimate of drug-likeness (QED) is 0.165. The third kappa shape index (κ3) is 5.09. The third-order valence-corrected chi connectivity index (χ3v) is 5.97. The molecule has 0 amide bonds. The number of hydrogen-bond acceptors (Lipinski definition) is 10. The van der Waals surface area contributed by atoms with Gasteiger partial charge in [0.15, 0.2) is 17.6 Å². The van der Waals surface area contributed by atoms with Gasteiger partial charge < -0.3 is 39.5 Å². The molecule has 4 heterocycles. The summed E-state index contributed by atoms with van der Waals surface area (Å²) in [6.07, 6.45) is -11.6. The lowest BCUT2D eigenvalue weighted by Gasteiger charge is -2.26. The molecular formula is C20H18ClF4N5O8. The van der Waals surface area contributed by atoms with Crippen molar-refractivity contribution in [2.24, 2.45) is 0 Å². The van der Waals surface area contributed by atoms with Gasteiger partial charge in [0, 0.05) is 0 Å². The van der Waals surface area contributed by atoms with E-state index in [1.165, 1.54) is 10.9 Å². The van der Waals surface area contributed by atoms with Gasteiger partial charge in [-0.2, -0.15) is 23.1 Å². The van der Waals surface area contributed by atoms with Crippen molar-refractivity contribution >= 4 is 40.5 Å². The molecule has 206 valence electrons. The van der Waals surface area contributed by atoms with Crippen LogP contribution in [-0.4, -0.2) is 83.5 Å². The first-order valence-corrected chi connectivity index (χ1v) is 11.0. The molecule has 0 spiro atoms. The average Bonchev–Trinajstić information content (AvgIpc) is 3.51. The van der Waals surface area contributed by atoms with Crippen LogP contribution in [-0.2, 0) is 38.2 Å². The fraction of sp³-hybridized carbons (Fsp3) is 0.450. The number of fused-ring (bicyclic) bond motifs is 1. The number of hydrogen-bond donors (Lipinski definition) is 4. The van der Waals surface area contributed by atoms with Gasteiger partial charge >= 0.3 is 18.1 Å². The van der Waals surface area contributed by atoms with Crippen LogP contribution in [0.15, 0.2) is 22.9 Å².